The van der Waals surface area contributed by atoms with Crippen LogP contribution in [0.1, 0.15) is 32.0 Å². The number of carbonyl (C=O) groups excluding carboxylic acids is 1. The number of carbonyl (C=O) groups is 1. The van der Waals surface area contributed by atoms with Gasteiger partial charge in [-0.05, 0) is 79.3 Å². The molecule has 2 rings (SSSR count). The fourth-order valence-corrected chi connectivity index (χ4v) is 2.12. The van der Waals surface area contributed by atoms with Gasteiger partial charge in [0.15, 0.2) is 0 Å². The van der Waals surface area contributed by atoms with Crippen LogP contribution in [0.25, 0.3) is 12.2 Å². The van der Waals surface area contributed by atoms with Gasteiger partial charge in [0.25, 0.3) is 0 Å². The lowest BCUT2D eigenvalue weighted by molar-refractivity contribution is 0.0536. The predicted octanol–water partition coefficient (Wildman–Crippen LogP) is 5.05. The van der Waals surface area contributed by atoms with Crippen LogP contribution in [0.4, 0.5) is 4.79 Å². The summed E-state index contributed by atoms with van der Waals surface area (Å²) >= 11 is 2.27. The minimum absolute atomic E-state index is 0.366. The van der Waals surface area contributed by atoms with E-state index in [1.165, 1.54) is 8.14 Å². The van der Waals surface area contributed by atoms with E-state index < -0.39 is 5.60 Å². The Hall–Kier alpha value is -1.56. The second-order valence-corrected chi connectivity index (χ2v) is 6.91. The lowest BCUT2D eigenvalue weighted by Crippen LogP contribution is -2.27. The zero-order chi connectivity index (χ0) is 15.5. The Balaban J connectivity index is 2.17. The normalized spacial score (nSPS) is 11.8. The maximum absolute atomic E-state index is 12.1. The van der Waals surface area contributed by atoms with Crippen molar-refractivity contribution in [1.82, 2.24) is 4.57 Å². The lowest BCUT2D eigenvalue weighted by atomic mass is 10.2. The van der Waals surface area contributed by atoms with Gasteiger partial charge in [-0.15, -0.1) is 0 Å². The molecule has 21 heavy (non-hydrogen) atoms. The molecule has 0 bridgehead atoms. The summed E-state index contributed by atoms with van der Waals surface area (Å²) < 4.78 is 8.08. The molecule has 0 aliphatic heterocycles. The number of nitrogens with zero attached hydrogens (tertiary/aromatic N) is 1. The summed E-state index contributed by atoms with van der Waals surface area (Å²) in [4.78, 5) is 12.1. The van der Waals surface area contributed by atoms with Crippen molar-refractivity contribution in [3.05, 3.63) is 57.4 Å². The van der Waals surface area contributed by atoms with Crippen molar-refractivity contribution < 1.29 is 9.53 Å². The molecule has 110 valence electrons. The van der Waals surface area contributed by atoms with Gasteiger partial charge < -0.3 is 4.74 Å². The minimum Gasteiger partial charge on any atom is -0.443 e. The quantitative estimate of drug-likeness (QED) is 0.667. The highest BCUT2D eigenvalue weighted by molar-refractivity contribution is 14.1. The monoisotopic (exact) mass is 395 g/mol. The smallest absolute Gasteiger partial charge is 0.418 e. The van der Waals surface area contributed by atoms with Crippen LogP contribution in [0, 0.1) is 3.57 Å². The molecule has 2 aromatic rings. The second kappa shape index (κ2) is 6.47. The van der Waals surface area contributed by atoms with Gasteiger partial charge in [0, 0.05) is 9.77 Å². The van der Waals surface area contributed by atoms with E-state index >= 15 is 0 Å². The first-order valence-electron chi connectivity index (χ1n) is 6.69. The van der Waals surface area contributed by atoms with Crippen molar-refractivity contribution in [2.45, 2.75) is 26.4 Å². The predicted molar refractivity (Wildman–Crippen MR) is 94.2 cm³/mol. The first-order chi connectivity index (χ1) is 9.85. The zero-order valence-electron chi connectivity index (χ0n) is 12.3. The summed E-state index contributed by atoms with van der Waals surface area (Å²) in [5.41, 5.74) is 1.38. The highest BCUT2D eigenvalue weighted by Gasteiger charge is 2.18. The molecule has 0 aliphatic rings. The molecular weight excluding hydrogens is 377 g/mol. The Morgan fingerprint density at radius 2 is 1.81 bits per heavy atom. The number of hydrogen-bond acceptors (Lipinski definition) is 2. The van der Waals surface area contributed by atoms with Crippen LogP contribution in [0.2, 0.25) is 0 Å². The van der Waals surface area contributed by atoms with Gasteiger partial charge in [0.1, 0.15) is 5.60 Å². The number of benzene rings is 1. The Kier molecular flexibility index (Phi) is 4.88. The largest absolute Gasteiger partial charge is 0.443 e. The Morgan fingerprint density at radius 1 is 1.14 bits per heavy atom. The van der Waals surface area contributed by atoms with Crippen molar-refractivity contribution in [2.24, 2.45) is 0 Å². The molecule has 0 N–H and O–H groups in total. The molecule has 0 amide bonds. The van der Waals surface area contributed by atoms with E-state index in [-0.39, 0.29) is 6.09 Å². The van der Waals surface area contributed by atoms with Crippen LogP contribution in [-0.2, 0) is 4.74 Å². The minimum atomic E-state index is -0.502. The average Bonchev–Trinajstić information content (AvgIpc) is 2.84. The summed E-state index contributed by atoms with van der Waals surface area (Å²) in [6, 6.07) is 11.9. The van der Waals surface area contributed by atoms with E-state index in [1.807, 2.05) is 69.3 Å². The molecular formula is C17H18INO2. The number of ether oxygens (including phenoxy) is 1. The van der Waals surface area contributed by atoms with Gasteiger partial charge in [0.05, 0.1) is 5.69 Å². The van der Waals surface area contributed by atoms with Crippen molar-refractivity contribution >= 4 is 40.8 Å². The molecule has 3 nitrogen and oxygen atoms in total. The molecule has 0 unspecified atom stereocenters. The second-order valence-electron chi connectivity index (χ2n) is 5.67. The molecule has 1 heterocycles. The Bertz CT molecular complexity index is 648. The van der Waals surface area contributed by atoms with E-state index in [0.29, 0.717) is 0 Å². The SMILES string of the molecule is CC(C)(C)OC(=O)n1cccc1/C=C/c1ccc(I)cc1. The third-order valence-corrected chi connectivity index (χ3v) is 3.41. The lowest BCUT2D eigenvalue weighted by Gasteiger charge is -2.20. The maximum Gasteiger partial charge on any atom is 0.418 e. The van der Waals surface area contributed by atoms with Gasteiger partial charge in [-0.2, -0.15) is 0 Å². The molecule has 1 aromatic carbocycles. The molecule has 0 aliphatic carbocycles. The summed E-state index contributed by atoms with van der Waals surface area (Å²) in [7, 11) is 0. The first kappa shape index (κ1) is 15.8. The van der Waals surface area contributed by atoms with Crippen molar-refractivity contribution in [3.63, 3.8) is 0 Å². The molecule has 0 atom stereocenters. The van der Waals surface area contributed by atoms with Gasteiger partial charge in [-0.3, -0.25) is 4.57 Å². The molecule has 0 saturated heterocycles. The fraction of sp³-hybridized carbons (Fsp3) is 0.235. The van der Waals surface area contributed by atoms with E-state index in [4.69, 9.17) is 4.74 Å². The summed E-state index contributed by atoms with van der Waals surface area (Å²) in [5, 5.41) is 0. The van der Waals surface area contributed by atoms with Crippen LogP contribution in [0.3, 0.4) is 0 Å². The summed E-state index contributed by atoms with van der Waals surface area (Å²) in [5.74, 6) is 0. The van der Waals surface area contributed by atoms with Gasteiger partial charge in [0.2, 0.25) is 0 Å². The molecule has 0 saturated carbocycles. The topological polar surface area (TPSA) is 31.2 Å². The average molecular weight is 395 g/mol. The van der Waals surface area contributed by atoms with Crippen LogP contribution in [0.5, 0.6) is 0 Å². The van der Waals surface area contributed by atoms with Crippen molar-refractivity contribution in [1.29, 1.82) is 0 Å². The Labute approximate surface area is 138 Å². The standard InChI is InChI=1S/C17H18INO2/c1-17(2,3)21-16(20)19-12-4-5-15(19)11-8-13-6-9-14(18)10-7-13/h4-12H,1-3H3/b11-8+. The number of halogens is 1. The van der Waals surface area contributed by atoms with Crippen LogP contribution >= 0.6 is 22.6 Å². The van der Waals surface area contributed by atoms with Gasteiger partial charge in [-0.25, -0.2) is 4.79 Å². The molecule has 1 aromatic heterocycles. The third kappa shape index (κ3) is 4.74. The summed E-state index contributed by atoms with van der Waals surface area (Å²) in [6.07, 6.45) is 5.23. The van der Waals surface area contributed by atoms with E-state index in [2.05, 4.69) is 22.6 Å². The van der Waals surface area contributed by atoms with Crippen molar-refractivity contribution in [3.8, 4) is 0 Å². The first-order valence-corrected chi connectivity index (χ1v) is 7.77. The van der Waals surface area contributed by atoms with Gasteiger partial charge >= 0.3 is 6.09 Å². The zero-order valence-corrected chi connectivity index (χ0v) is 14.5. The highest BCUT2D eigenvalue weighted by Crippen LogP contribution is 2.14. The fourth-order valence-electron chi connectivity index (χ4n) is 1.76. The number of hydrogen-bond donors (Lipinski definition) is 0. The van der Waals surface area contributed by atoms with E-state index in [1.54, 1.807) is 6.20 Å². The highest BCUT2D eigenvalue weighted by atomic mass is 127. The number of rotatable bonds is 2. The Morgan fingerprint density at radius 3 is 2.43 bits per heavy atom. The maximum atomic E-state index is 12.1. The molecule has 0 radical (unpaired) electrons. The molecule has 0 fully saturated rings. The number of aromatic nitrogens is 1. The van der Waals surface area contributed by atoms with Crippen molar-refractivity contribution in [2.75, 3.05) is 0 Å². The van der Waals surface area contributed by atoms with Crippen LogP contribution in [-0.4, -0.2) is 16.3 Å². The van der Waals surface area contributed by atoms with E-state index in [0.717, 1.165) is 11.3 Å². The third-order valence-electron chi connectivity index (χ3n) is 2.69. The van der Waals surface area contributed by atoms with E-state index in [9.17, 15) is 4.79 Å². The summed E-state index contributed by atoms with van der Waals surface area (Å²) in [6.45, 7) is 5.57. The molecule has 4 heteroatoms. The van der Waals surface area contributed by atoms with Crippen LogP contribution < -0.4 is 0 Å². The van der Waals surface area contributed by atoms with Crippen LogP contribution in [0.15, 0.2) is 42.6 Å². The molecule has 0 spiro atoms. The van der Waals surface area contributed by atoms with Gasteiger partial charge in [-0.1, -0.05) is 18.2 Å².